The fourth-order valence-corrected chi connectivity index (χ4v) is 2.46. The number of nitrogens with two attached hydrogens (primary N) is 1. The van der Waals surface area contributed by atoms with E-state index in [0.717, 1.165) is 31.9 Å². The number of hydrogen-bond donors (Lipinski definition) is 1. The van der Waals surface area contributed by atoms with Crippen LogP contribution in [0.5, 0.6) is 5.75 Å². The summed E-state index contributed by atoms with van der Waals surface area (Å²) in [5, 5.41) is 0. The molecule has 0 bridgehead atoms. The molecule has 0 aliphatic carbocycles. The summed E-state index contributed by atoms with van der Waals surface area (Å²) in [6, 6.07) is 8.53. The van der Waals surface area contributed by atoms with Gasteiger partial charge in [0.2, 0.25) is 0 Å². The number of nitrogens with zero attached hydrogens (tertiary/aromatic N) is 2. The Labute approximate surface area is 121 Å². The molecule has 0 saturated heterocycles. The van der Waals surface area contributed by atoms with E-state index in [1.54, 1.807) is 0 Å². The molecule has 1 atom stereocenters. The van der Waals surface area contributed by atoms with Gasteiger partial charge in [-0.15, -0.1) is 0 Å². The number of rotatable bonds is 6. The first kappa shape index (κ1) is 14.7. The first-order valence-corrected chi connectivity index (χ1v) is 7.41. The highest BCUT2D eigenvalue weighted by molar-refractivity contribution is 5.80. The molecule has 0 amide bonds. The Bertz CT molecular complexity index is 471. The van der Waals surface area contributed by atoms with E-state index in [1.165, 1.54) is 5.56 Å². The number of guanidine groups is 1. The number of aliphatic imine (C=N–C) groups is 1. The molecule has 1 aromatic rings. The van der Waals surface area contributed by atoms with E-state index < -0.39 is 0 Å². The van der Waals surface area contributed by atoms with Crippen molar-refractivity contribution in [3.05, 3.63) is 29.8 Å². The Kier molecular flexibility index (Phi) is 4.88. The van der Waals surface area contributed by atoms with Crippen LogP contribution in [0.2, 0.25) is 0 Å². The summed E-state index contributed by atoms with van der Waals surface area (Å²) in [7, 11) is 0. The van der Waals surface area contributed by atoms with Crippen LogP contribution in [-0.4, -0.2) is 30.6 Å². The lowest BCUT2D eigenvalue weighted by atomic mass is 10.0. The molecule has 20 heavy (non-hydrogen) atoms. The fourth-order valence-electron chi connectivity index (χ4n) is 2.46. The lowest BCUT2D eigenvalue weighted by Gasteiger charge is -2.28. The maximum absolute atomic E-state index is 6.02. The molecule has 0 saturated carbocycles. The van der Waals surface area contributed by atoms with Crippen LogP contribution < -0.4 is 10.5 Å². The standard InChI is InChI=1S/C16H25N3O/c1-4-8-20-14-7-5-6-13(9-14)15-10-18-16(17)19(15)11-12(2)3/h5-7,9,12,15H,4,8,10-11H2,1-3H3,(H2,17,18). The van der Waals surface area contributed by atoms with Gasteiger partial charge in [0.1, 0.15) is 5.75 Å². The predicted octanol–water partition coefficient (Wildman–Crippen LogP) is 2.80. The van der Waals surface area contributed by atoms with E-state index in [1.807, 2.05) is 12.1 Å². The van der Waals surface area contributed by atoms with E-state index in [0.29, 0.717) is 11.9 Å². The highest BCUT2D eigenvalue weighted by atomic mass is 16.5. The van der Waals surface area contributed by atoms with Crippen LogP contribution in [0.15, 0.2) is 29.3 Å². The lowest BCUT2D eigenvalue weighted by Crippen LogP contribution is -2.38. The van der Waals surface area contributed by atoms with Crippen LogP contribution in [-0.2, 0) is 0 Å². The van der Waals surface area contributed by atoms with E-state index in [2.05, 4.69) is 42.8 Å². The molecule has 1 aliphatic rings. The second kappa shape index (κ2) is 6.64. The maximum atomic E-state index is 6.02. The first-order chi connectivity index (χ1) is 9.61. The van der Waals surface area contributed by atoms with Crippen molar-refractivity contribution < 1.29 is 4.74 Å². The normalized spacial score (nSPS) is 18.5. The zero-order valence-electron chi connectivity index (χ0n) is 12.7. The molecular formula is C16H25N3O. The SMILES string of the molecule is CCCOc1cccc(C2CN=C(N)N2CC(C)C)c1. The minimum atomic E-state index is 0.238. The maximum Gasteiger partial charge on any atom is 0.191 e. The molecule has 4 nitrogen and oxygen atoms in total. The van der Waals surface area contributed by atoms with Gasteiger partial charge >= 0.3 is 0 Å². The van der Waals surface area contributed by atoms with Crippen molar-refractivity contribution >= 4 is 5.96 Å². The predicted molar refractivity (Wildman–Crippen MR) is 83.0 cm³/mol. The molecular weight excluding hydrogens is 250 g/mol. The van der Waals surface area contributed by atoms with Crippen molar-refractivity contribution in [3.8, 4) is 5.75 Å². The van der Waals surface area contributed by atoms with Gasteiger partial charge in [-0.25, -0.2) is 0 Å². The van der Waals surface area contributed by atoms with Crippen molar-refractivity contribution in [1.29, 1.82) is 0 Å². The molecule has 1 aliphatic heterocycles. The summed E-state index contributed by atoms with van der Waals surface area (Å²) in [6.07, 6.45) is 1.02. The third-order valence-corrected chi connectivity index (χ3v) is 3.37. The third-order valence-electron chi connectivity index (χ3n) is 3.37. The molecule has 2 rings (SSSR count). The number of ether oxygens (including phenoxy) is 1. The summed E-state index contributed by atoms with van der Waals surface area (Å²) in [5.41, 5.74) is 7.24. The zero-order chi connectivity index (χ0) is 14.5. The average molecular weight is 275 g/mol. The van der Waals surface area contributed by atoms with Crippen LogP contribution >= 0.6 is 0 Å². The van der Waals surface area contributed by atoms with Gasteiger partial charge in [0.15, 0.2) is 5.96 Å². The first-order valence-electron chi connectivity index (χ1n) is 7.41. The molecule has 0 aromatic heterocycles. The van der Waals surface area contributed by atoms with Crippen LogP contribution in [0.4, 0.5) is 0 Å². The summed E-state index contributed by atoms with van der Waals surface area (Å²) in [6.45, 7) is 8.92. The van der Waals surface area contributed by atoms with E-state index in [4.69, 9.17) is 10.5 Å². The molecule has 110 valence electrons. The zero-order valence-corrected chi connectivity index (χ0v) is 12.7. The second-order valence-electron chi connectivity index (χ2n) is 5.68. The van der Waals surface area contributed by atoms with Gasteiger partial charge < -0.3 is 15.4 Å². The fraction of sp³-hybridized carbons (Fsp3) is 0.562. The summed E-state index contributed by atoms with van der Waals surface area (Å²) in [5.74, 6) is 2.15. The highest BCUT2D eigenvalue weighted by Crippen LogP contribution is 2.28. The quantitative estimate of drug-likeness (QED) is 0.868. The third kappa shape index (κ3) is 3.44. The van der Waals surface area contributed by atoms with Crippen LogP contribution in [0.1, 0.15) is 38.8 Å². The molecule has 1 aromatic carbocycles. The summed E-state index contributed by atoms with van der Waals surface area (Å²) in [4.78, 5) is 6.60. The molecule has 1 unspecified atom stereocenters. The largest absolute Gasteiger partial charge is 0.494 e. The molecule has 4 heteroatoms. The number of benzene rings is 1. The van der Waals surface area contributed by atoms with E-state index in [-0.39, 0.29) is 6.04 Å². The molecule has 1 heterocycles. The van der Waals surface area contributed by atoms with Crippen molar-refractivity contribution in [2.45, 2.75) is 33.2 Å². The van der Waals surface area contributed by atoms with Gasteiger partial charge in [0, 0.05) is 6.54 Å². The van der Waals surface area contributed by atoms with E-state index >= 15 is 0 Å². The monoisotopic (exact) mass is 275 g/mol. The van der Waals surface area contributed by atoms with Crippen LogP contribution in [0.3, 0.4) is 0 Å². The van der Waals surface area contributed by atoms with E-state index in [9.17, 15) is 0 Å². The van der Waals surface area contributed by atoms with Crippen LogP contribution in [0.25, 0.3) is 0 Å². The Morgan fingerprint density at radius 1 is 1.45 bits per heavy atom. The Hall–Kier alpha value is -1.71. The molecule has 0 fully saturated rings. The van der Waals surface area contributed by atoms with Gasteiger partial charge in [-0.2, -0.15) is 0 Å². The highest BCUT2D eigenvalue weighted by Gasteiger charge is 2.27. The lowest BCUT2D eigenvalue weighted by molar-refractivity contribution is 0.303. The smallest absolute Gasteiger partial charge is 0.191 e. The van der Waals surface area contributed by atoms with Crippen molar-refractivity contribution in [2.24, 2.45) is 16.6 Å². The Balaban J connectivity index is 2.14. The summed E-state index contributed by atoms with van der Waals surface area (Å²) >= 11 is 0. The van der Waals surface area contributed by atoms with Crippen molar-refractivity contribution in [2.75, 3.05) is 19.7 Å². The second-order valence-corrected chi connectivity index (χ2v) is 5.68. The van der Waals surface area contributed by atoms with Gasteiger partial charge in [-0.1, -0.05) is 32.9 Å². The minimum absolute atomic E-state index is 0.238. The Morgan fingerprint density at radius 3 is 2.95 bits per heavy atom. The van der Waals surface area contributed by atoms with Gasteiger partial charge in [-0.3, -0.25) is 4.99 Å². The summed E-state index contributed by atoms with van der Waals surface area (Å²) < 4.78 is 5.71. The van der Waals surface area contributed by atoms with Gasteiger partial charge in [-0.05, 0) is 30.0 Å². The van der Waals surface area contributed by atoms with Gasteiger partial charge in [0.05, 0.1) is 19.2 Å². The molecule has 2 N–H and O–H groups in total. The van der Waals surface area contributed by atoms with Crippen molar-refractivity contribution in [3.63, 3.8) is 0 Å². The van der Waals surface area contributed by atoms with Crippen molar-refractivity contribution in [1.82, 2.24) is 4.90 Å². The van der Waals surface area contributed by atoms with Crippen LogP contribution in [0, 0.1) is 5.92 Å². The number of hydrogen-bond acceptors (Lipinski definition) is 4. The average Bonchev–Trinajstić information content (AvgIpc) is 2.78. The Morgan fingerprint density at radius 2 is 2.25 bits per heavy atom. The topological polar surface area (TPSA) is 50.9 Å². The molecule has 0 radical (unpaired) electrons. The van der Waals surface area contributed by atoms with Gasteiger partial charge in [0.25, 0.3) is 0 Å². The molecule has 0 spiro atoms. The minimum Gasteiger partial charge on any atom is -0.494 e.